The molecule has 2 rings (SSSR count). The number of hydrogen-bond acceptors (Lipinski definition) is 2. The highest BCUT2D eigenvalue weighted by molar-refractivity contribution is 6.42. The molecule has 1 aromatic heterocycles. The Morgan fingerprint density at radius 1 is 1.19 bits per heavy atom. The number of aromatic nitrogens is 2. The molecule has 5 heteroatoms. The molecule has 0 saturated heterocycles. The van der Waals surface area contributed by atoms with Crippen molar-refractivity contribution in [3.63, 3.8) is 0 Å². The molecule has 0 bridgehead atoms. The number of halogens is 2. The van der Waals surface area contributed by atoms with E-state index in [0.717, 1.165) is 17.0 Å². The average Bonchev–Trinajstić information content (AvgIpc) is 2.44. The van der Waals surface area contributed by atoms with Gasteiger partial charge in [-0.15, -0.1) is 0 Å². The molecule has 86 valence electrons. The molecule has 0 aliphatic carbocycles. The Hall–Kier alpha value is -0.930. The molecule has 0 unspecified atom stereocenters. The van der Waals surface area contributed by atoms with E-state index in [1.54, 1.807) is 12.1 Å². The summed E-state index contributed by atoms with van der Waals surface area (Å²) in [6.07, 6.45) is 0. The normalized spacial score (nSPS) is 12.1. The highest BCUT2D eigenvalue weighted by atomic mass is 35.5. The third-order valence-corrected chi connectivity index (χ3v) is 2.74. The van der Waals surface area contributed by atoms with Crippen molar-refractivity contribution in [2.45, 2.75) is 26.3 Å². The molecule has 1 aromatic carbocycles. The molecule has 2 aromatic rings. The summed E-state index contributed by atoms with van der Waals surface area (Å²) in [5.41, 5.74) is 1.64. The van der Waals surface area contributed by atoms with Gasteiger partial charge < -0.3 is 10.3 Å². The van der Waals surface area contributed by atoms with Crippen LogP contribution in [0.25, 0.3) is 11.0 Å². The third-order valence-electron chi connectivity index (χ3n) is 2.02. The fourth-order valence-corrected chi connectivity index (χ4v) is 1.74. The molecule has 0 fully saturated rings. The molecule has 0 amide bonds. The number of anilines is 1. The Bertz CT molecular complexity index is 487. The maximum Gasteiger partial charge on any atom is 0.201 e. The second-order valence-corrected chi connectivity index (χ2v) is 5.56. The number of nitrogens with one attached hydrogen (secondary N) is 2. The van der Waals surface area contributed by atoms with E-state index in [1.165, 1.54) is 0 Å². The van der Waals surface area contributed by atoms with Crippen molar-refractivity contribution in [1.29, 1.82) is 0 Å². The molecule has 2 N–H and O–H groups in total. The predicted molar refractivity (Wildman–Crippen MR) is 69.5 cm³/mol. The van der Waals surface area contributed by atoms with Crippen molar-refractivity contribution in [3.8, 4) is 0 Å². The van der Waals surface area contributed by atoms with Crippen LogP contribution in [0.1, 0.15) is 20.8 Å². The standard InChI is InChI=1S/C11H13Cl2N3/c1-11(2,3)16-10-14-8-4-6(12)7(13)5-9(8)15-10/h4-5H,1-3H3,(H2,14,15,16). The molecule has 1 heterocycles. The minimum absolute atomic E-state index is 0.0402. The zero-order chi connectivity index (χ0) is 11.9. The molecule has 0 aliphatic rings. The van der Waals surface area contributed by atoms with Crippen molar-refractivity contribution >= 4 is 40.2 Å². The van der Waals surface area contributed by atoms with Gasteiger partial charge in [0.15, 0.2) is 0 Å². The van der Waals surface area contributed by atoms with Gasteiger partial charge in [0.1, 0.15) is 0 Å². The minimum atomic E-state index is -0.0402. The van der Waals surface area contributed by atoms with Crippen LogP contribution in [0, 0.1) is 0 Å². The van der Waals surface area contributed by atoms with Crippen molar-refractivity contribution < 1.29 is 0 Å². The van der Waals surface area contributed by atoms with E-state index in [-0.39, 0.29) is 5.54 Å². The van der Waals surface area contributed by atoms with E-state index < -0.39 is 0 Å². The van der Waals surface area contributed by atoms with E-state index in [0.29, 0.717) is 10.0 Å². The zero-order valence-corrected chi connectivity index (χ0v) is 10.9. The highest BCUT2D eigenvalue weighted by Crippen LogP contribution is 2.27. The maximum atomic E-state index is 5.93. The zero-order valence-electron chi connectivity index (χ0n) is 9.36. The van der Waals surface area contributed by atoms with Gasteiger partial charge >= 0.3 is 0 Å². The summed E-state index contributed by atoms with van der Waals surface area (Å²) in [6.45, 7) is 6.21. The Labute approximate surface area is 104 Å². The summed E-state index contributed by atoms with van der Waals surface area (Å²) in [5.74, 6) is 0.723. The fraction of sp³-hybridized carbons (Fsp3) is 0.364. The second-order valence-electron chi connectivity index (χ2n) is 4.74. The monoisotopic (exact) mass is 257 g/mol. The summed E-state index contributed by atoms with van der Waals surface area (Å²) in [7, 11) is 0. The number of benzene rings is 1. The lowest BCUT2D eigenvalue weighted by Gasteiger charge is -2.19. The Balaban J connectivity index is 2.44. The Kier molecular flexibility index (Phi) is 2.76. The number of imidazole rings is 1. The van der Waals surface area contributed by atoms with E-state index in [4.69, 9.17) is 23.2 Å². The number of hydrogen-bond donors (Lipinski definition) is 2. The number of fused-ring (bicyclic) bond motifs is 1. The lowest BCUT2D eigenvalue weighted by atomic mass is 10.1. The summed E-state index contributed by atoms with van der Waals surface area (Å²) < 4.78 is 0. The smallest absolute Gasteiger partial charge is 0.201 e. The van der Waals surface area contributed by atoms with Crippen LogP contribution in [0.2, 0.25) is 10.0 Å². The Morgan fingerprint density at radius 2 is 1.81 bits per heavy atom. The van der Waals surface area contributed by atoms with Crippen LogP contribution in [0.4, 0.5) is 5.95 Å². The van der Waals surface area contributed by atoms with Crippen LogP contribution in [0.3, 0.4) is 0 Å². The summed E-state index contributed by atoms with van der Waals surface area (Å²) in [6, 6.07) is 3.53. The first kappa shape index (κ1) is 11.6. The molecular weight excluding hydrogens is 245 g/mol. The van der Waals surface area contributed by atoms with Gasteiger partial charge in [0.05, 0.1) is 21.1 Å². The third kappa shape index (κ3) is 2.42. The van der Waals surface area contributed by atoms with E-state index in [9.17, 15) is 0 Å². The molecule has 0 atom stereocenters. The molecular formula is C11H13Cl2N3. The number of nitrogens with zero attached hydrogens (tertiary/aromatic N) is 1. The number of rotatable bonds is 1. The van der Waals surface area contributed by atoms with Gasteiger partial charge in [0.2, 0.25) is 5.95 Å². The summed E-state index contributed by atoms with van der Waals surface area (Å²) in [4.78, 5) is 7.55. The minimum Gasteiger partial charge on any atom is -0.351 e. The largest absolute Gasteiger partial charge is 0.351 e. The van der Waals surface area contributed by atoms with Crippen molar-refractivity contribution in [2.24, 2.45) is 0 Å². The van der Waals surface area contributed by atoms with E-state index in [1.807, 2.05) is 0 Å². The second kappa shape index (κ2) is 3.82. The van der Waals surface area contributed by atoms with Gasteiger partial charge in [0.25, 0.3) is 0 Å². The first-order valence-electron chi connectivity index (χ1n) is 4.98. The molecule has 16 heavy (non-hydrogen) atoms. The van der Waals surface area contributed by atoms with E-state index in [2.05, 4.69) is 36.1 Å². The summed E-state index contributed by atoms with van der Waals surface area (Å²) >= 11 is 11.9. The van der Waals surface area contributed by atoms with Crippen molar-refractivity contribution in [1.82, 2.24) is 9.97 Å². The average molecular weight is 258 g/mol. The van der Waals surface area contributed by atoms with Crippen LogP contribution >= 0.6 is 23.2 Å². The van der Waals surface area contributed by atoms with Crippen LogP contribution in [-0.2, 0) is 0 Å². The number of aromatic amines is 1. The SMILES string of the molecule is CC(C)(C)Nc1nc2cc(Cl)c(Cl)cc2[nH]1. The lowest BCUT2D eigenvalue weighted by Crippen LogP contribution is -2.26. The van der Waals surface area contributed by atoms with Gasteiger partial charge in [-0.25, -0.2) is 4.98 Å². The van der Waals surface area contributed by atoms with Gasteiger partial charge in [-0.2, -0.15) is 0 Å². The molecule has 0 radical (unpaired) electrons. The molecule has 0 saturated carbocycles. The van der Waals surface area contributed by atoms with Crippen LogP contribution < -0.4 is 5.32 Å². The lowest BCUT2D eigenvalue weighted by molar-refractivity contribution is 0.628. The van der Waals surface area contributed by atoms with E-state index >= 15 is 0 Å². The predicted octanol–water partition coefficient (Wildman–Crippen LogP) is 4.08. The molecule has 3 nitrogen and oxygen atoms in total. The summed E-state index contributed by atoms with van der Waals surface area (Å²) in [5, 5.41) is 4.30. The Morgan fingerprint density at radius 3 is 2.44 bits per heavy atom. The van der Waals surface area contributed by atoms with Gasteiger partial charge in [0, 0.05) is 5.54 Å². The van der Waals surface area contributed by atoms with Gasteiger partial charge in [-0.05, 0) is 32.9 Å². The quantitative estimate of drug-likeness (QED) is 0.809. The highest BCUT2D eigenvalue weighted by Gasteiger charge is 2.12. The first-order chi connectivity index (χ1) is 7.35. The maximum absolute atomic E-state index is 5.93. The van der Waals surface area contributed by atoms with Crippen LogP contribution in [0.5, 0.6) is 0 Å². The van der Waals surface area contributed by atoms with Crippen molar-refractivity contribution in [3.05, 3.63) is 22.2 Å². The molecule has 0 spiro atoms. The fourth-order valence-electron chi connectivity index (χ4n) is 1.42. The number of H-pyrrole nitrogens is 1. The molecule has 0 aliphatic heterocycles. The van der Waals surface area contributed by atoms with Crippen molar-refractivity contribution in [2.75, 3.05) is 5.32 Å². The van der Waals surface area contributed by atoms with Gasteiger partial charge in [-0.3, -0.25) is 0 Å². The topological polar surface area (TPSA) is 40.7 Å². The first-order valence-corrected chi connectivity index (χ1v) is 5.74. The van der Waals surface area contributed by atoms with Gasteiger partial charge in [-0.1, -0.05) is 23.2 Å². The van der Waals surface area contributed by atoms with Crippen LogP contribution in [0.15, 0.2) is 12.1 Å². The van der Waals surface area contributed by atoms with Crippen LogP contribution in [-0.4, -0.2) is 15.5 Å².